The topological polar surface area (TPSA) is 63.5 Å². The number of nitro benzene ring substituents is 1. The van der Waals surface area contributed by atoms with Gasteiger partial charge < -0.3 is 4.90 Å². The highest BCUT2D eigenvalue weighted by molar-refractivity contribution is 9.10. The van der Waals surface area contributed by atoms with Gasteiger partial charge in [-0.15, -0.1) is 11.6 Å². The van der Waals surface area contributed by atoms with Gasteiger partial charge in [0.05, 0.1) is 4.92 Å². The van der Waals surface area contributed by atoms with Gasteiger partial charge in [0.1, 0.15) is 0 Å². The number of rotatable bonds is 6. The van der Waals surface area contributed by atoms with E-state index in [2.05, 4.69) is 15.9 Å². The van der Waals surface area contributed by atoms with E-state index in [1.807, 2.05) is 6.92 Å². The molecule has 0 saturated heterocycles. The smallest absolute Gasteiger partial charge is 0.271 e. The van der Waals surface area contributed by atoms with Gasteiger partial charge in [0.25, 0.3) is 11.6 Å². The normalized spacial score (nSPS) is 10.3. The number of hydrogen-bond donors (Lipinski definition) is 0. The molecule has 7 heteroatoms. The fourth-order valence-corrected chi connectivity index (χ4v) is 2.24. The molecule has 1 aromatic rings. The summed E-state index contributed by atoms with van der Waals surface area (Å²) >= 11 is 8.79. The summed E-state index contributed by atoms with van der Waals surface area (Å²) in [5.41, 5.74) is 0.198. The lowest BCUT2D eigenvalue weighted by Crippen LogP contribution is -2.32. The predicted octanol–water partition coefficient (Wildman–Crippen LogP) is 3.45. The Morgan fingerprint density at radius 1 is 1.47 bits per heavy atom. The van der Waals surface area contributed by atoms with Gasteiger partial charge in [0, 0.05) is 41.1 Å². The van der Waals surface area contributed by atoms with E-state index in [0.29, 0.717) is 35.4 Å². The molecule has 0 saturated carbocycles. The van der Waals surface area contributed by atoms with E-state index in [0.717, 1.165) is 0 Å². The fourth-order valence-electron chi connectivity index (χ4n) is 1.64. The summed E-state index contributed by atoms with van der Waals surface area (Å²) in [5, 5.41) is 10.8. The van der Waals surface area contributed by atoms with Gasteiger partial charge in [-0.2, -0.15) is 0 Å². The lowest BCUT2D eigenvalue weighted by atomic mass is 10.1. The van der Waals surface area contributed by atoms with Gasteiger partial charge in [-0.25, -0.2) is 0 Å². The van der Waals surface area contributed by atoms with E-state index in [-0.39, 0.29) is 11.6 Å². The number of halogens is 2. The number of carbonyl (C=O) groups is 1. The van der Waals surface area contributed by atoms with Crippen LogP contribution < -0.4 is 0 Å². The minimum absolute atomic E-state index is 0.105. The number of non-ortho nitro benzene ring substituents is 1. The molecular weight excluding hydrogens is 336 g/mol. The molecule has 1 rings (SSSR count). The van der Waals surface area contributed by atoms with E-state index < -0.39 is 4.92 Å². The average Bonchev–Trinajstić information content (AvgIpc) is 2.38. The van der Waals surface area contributed by atoms with Gasteiger partial charge in [-0.05, 0) is 19.4 Å². The number of carbonyl (C=O) groups excluding carboxylic acids is 1. The first-order valence-corrected chi connectivity index (χ1v) is 7.12. The Kier molecular flexibility index (Phi) is 6.24. The highest BCUT2D eigenvalue weighted by Gasteiger charge is 2.18. The summed E-state index contributed by atoms with van der Waals surface area (Å²) in [6, 6.07) is 4.24. The maximum atomic E-state index is 12.2. The van der Waals surface area contributed by atoms with Crippen molar-refractivity contribution >= 4 is 39.1 Å². The molecule has 0 aliphatic rings. The van der Waals surface area contributed by atoms with Gasteiger partial charge in [-0.3, -0.25) is 14.9 Å². The predicted molar refractivity (Wildman–Crippen MR) is 77.7 cm³/mol. The summed E-state index contributed by atoms with van der Waals surface area (Å²) in [6.07, 6.45) is 0.692. The quantitative estimate of drug-likeness (QED) is 0.449. The maximum Gasteiger partial charge on any atom is 0.271 e. The number of nitrogens with zero attached hydrogens (tertiary/aromatic N) is 2. The Bertz CT molecular complexity index is 482. The summed E-state index contributed by atoms with van der Waals surface area (Å²) in [5.74, 6) is 0.250. The molecule has 0 heterocycles. The fraction of sp³-hybridized carbons (Fsp3) is 0.417. The molecule has 0 aromatic heterocycles. The van der Waals surface area contributed by atoms with Crippen molar-refractivity contribution in [1.82, 2.24) is 4.90 Å². The second-order valence-corrected chi connectivity index (χ2v) is 5.18. The van der Waals surface area contributed by atoms with Crippen molar-refractivity contribution in [2.75, 3.05) is 19.0 Å². The van der Waals surface area contributed by atoms with E-state index in [1.165, 1.54) is 12.1 Å². The summed E-state index contributed by atoms with van der Waals surface area (Å²) in [6.45, 7) is 2.94. The van der Waals surface area contributed by atoms with E-state index in [9.17, 15) is 14.9 Å². The lowest BCUT2D eigenvalue weighted by Gasteiger charge is -2.20. The van der Waals surface area contributed by atoms with Gasteiger partial charge in [0.15, 0.2) is 0 Å². The van der Waals surface area contributed by atoms with Crippen molar-refractivity contribution in [3.8, 4) is 0 Å². The zero-order valence-corrected chi connectivity index (χ0v) is 12.8. The molecule has 0 atom stereocenters. The van der Waals surface area contributed by atoms with Crippen LogP contribution in [0.1, 0.15) is 23.7 Å². The summed E-state index contributed by atoms with van der Waals surface area (Å²) in [4.78, 5) is 24.1. The van der Waals surface area contributed by atoms with E-state index in [1.54, 1.807) is 11.0 Å². The van der Waals surface area contributed by atoms with Crippen molar-refractivity contribution in [2.45, 2.75) is 13.3 Å². The van der Waals surface area contributed by atoms with Crippen LogP contribution in [0.15, 0.2) is 22.7 Å². The van der Waals surface area contributed by atoms with Crippen molar-refractivity contribution < 1.29 is 9.72 Å². The molecule has 1 aromatic carbocycles. The first kappa shape index (κ1) is 15.9. The molecule has 0 radical (unpaired) electrons. The van der Waals surface area contributed by atoms with Crippen LogP contribution in [-0.2, 0) is 0 Å². The van der Waals surface area contributed by atoms with E-state index >= 15 is 0 Å². The van der Waals surface area contributed by atoms with Gasteiger partial charge in [0.2, 0.25) is 0 Å². The molecule has 0 N–H and O–H groups in total. The summed E-state index contributed by atoms with van der Waals surface area (Å²) < 4.78 is 0.512. The van der Waals surface area contributed by atoms with Crippen molar-refractivity contribution in [3.63, 3.8) is 0 Å². The molecule has 0 unspecified atom stereocenters. The number of alkyl halides is 1. The van der Waals surface area contributed by atoms with Gasteiger partial charge >= 0.3 is 0 Å². The van der Waals surface area contributed by atoms with Crippen molar-refractivity contribution in [1.29, 1.82) is 0 Å². The molecule has 0 aliphatic carbocycles. The highest BCUT2D eigenvalue weighted by atomic mass is 79.9. The minimum Gasteiger partial charge on any atom is -0.339 e. The Morgan fingerprint density at radius 3 is 2.68 bits per heavy atom. The zero-order chi connectivity index (χ0) is 14.4. The number of nitro groups is 1. The van der Waals surface area contributed by atoms with Crippen molar-refractivity contribution in [3.05, 3.63) is 38.3 Å². The van der Waals surface area contributed by atoms with Crippen LogP contribution >= 0.6 is 27.5 Å². The average molecular weight is 350 g/mol. The minimum atomic E-state index is -0.517. The number of benzene rings is 1. The maximum absolute atomic E-state index is 12.2. The SMILES string of the molecule is CCN(CCCCl)C(=O)c1cc(Br)cc([N+](=O)[O-])c1. The van der Waals surface area contributed by atoms with Crippen LogP contribution in [0.3, 0.4) is 0 Å². The number of hydrogen-bond acceptors (Lipinski definition) is 3. The van der Waals surface area contributed by atoms with Crippen molar-refractivity contribution in [2.24, 2.45) is 0 Å². The molecule has 0 spiro atoms. The molecule has 0 bridgehead atoms. The zero-order valence-electron chi connectivity index (χ0n) is 10.4. The second kappa shape index (κ2) is 7.45. The first-order chi connectivity index (χ1) is 8.99. The van der Waals surface area contributed by atoms with Crippen LogP contribution in [0.4, 0.5) is 5.69 Å². The van der Waals surface area contributed by atoms with Crippen LogP contribution in [-0.4, -0.2) is 34.7 Å². The van der Waals surface area contributed by atoms with E-state index in [4.69, 9.17) is 11.6 Å². The highest BCUT2D eigenvalue weighted by Crippen LogP contribution is 2.22. The monoisotopic (exact) mass is 348 g/mol. The number of amides is 1. The largest absolute Gasteiger partial charge is 0.339 e. The third-order valence-corrected chi connectivity index (χ3v) is 3.30. The van der Waals surface area contributed by atoms with Crippen LogP contribution in [0.2, 0.25) is 0 Å². The lowest BCUT2D eigenvalue weighted by molar-refractivity contribution is -0.385. The third-order valence-electron chi connectivity index (χ3n) is 2.57. The second-order valence-electron chi connectivity index (χ2n) is 3.88. The Balaban J connectivity index is 3.00. The Hall–Kier alpha value is -1.14. The van der Waals surface area contributed by atoms with Crippen LogP contribution in [0.25, 0.3) is 0 Å². The van der Waals surface area contributed by atoms with Crippen LogP contribution in [0, 0.1) is 10.1 Å². The molecule has 0 aliphatic heterocycles. The van der Waals surface area contributed by atoms with Gasteiger partial charge in [-0.1, -0.05) is 15.9 Å². The third kappa shape index (κ3) is 4.47. The standard InChI is InChI=1S/C12H14BrClN2O3/c1-2-15(5-3-4-14)12(17)9-6-10(13)8-11(7-9)16(18)19/h6-8H,2-5H2,1H3. The molecular formula is C12H14BrClN2O3. The molecule has 1 amide bonds. The Morgan fingerprint density at radius 2 is 2.16 bits per heavy atom. The molecule has 19 heavy (non-hydrogen) atoms. The van der Waals surface area contributed by atoms with Crippen LogP contribution in [0.5, 0.6) is 0 Å². The molecule has 5 nitrogen and oxygen atoms in total. The molecule has 104 valence electrons. The first-order valence-electron chi connectivity index (χ1n) is 5.79. The molecule has 0 fully saturated rings. The Labute approximate surface area is 124 Å². The summed E-state index contributed by atoms with van der Waals surface area (Å²) in [7, 11) is 0.